The van der Waals surface area contributed by atoms with Crippen molar-refractivity contribution < 1.29 is 14.1 Å². The maximum atomic E-state index is 12.4. The Morgan fingerprint density at radius 1 is 1.60 bits per heavy atom. The molecule has 1 aromatic rings. The first-order valence-corrected chi connectivity index (χ1v) is 7.49. The van der Waals surface area contributed by atoms with Gasteiger partial charge in [-0.05, 0) is 19.3 Å². The van der Waals surface area contributed by atoms with Crippen LogP contribution in [0.1, 0.15) is 62.2 Å². The molecule has 0 radical (unpaired) electrons. The molecule has 0 bridgehead atoms. The summed E-state index contributed by atoms with van der Waals surface area (Å²) in [6.45, 7) is 8.31. The Labute approximate surface area is 120 Å². The Morgan fingerprint density at radius 2 is 2.40 bits per heavy atom. The molecule has 5 heteroatoms. The zero-order valence-corrected chi connectivity index (χ0v) is 12.6. The molecule has 112 valence electrons. The predicted molar refractivity (Wildman–Crippen MR) is 75.8 cm³/mol. The largest absolute Gasteiger partial charge is 0.376 e. The van der Waals surface area contributed by atoms with Gasteiger partial charge in [0.05, 0.1) is 6.10 Å². The number of carbonyl (C=O) groups is 1. The number of rotatable bonds is 5. The van der Waals surface area contributed by atoms with Crippen LogP contribution in [0.4, 0.5) is 0 Å². The third-order valence-electron chi connectivity index (χ3n) is 3.54. The topological polar surface area (TPSA) is 55.6 Å². The van der Waals surface area contributed by atoms with E-state index in [1.54, 1.807) is 6.07 Å². The van der Waals surface area contributed by atoms with Gasteiger partial charge in [0.15, 0.2) is 5.69 Å². The van der Waals surface area contributed by atoms with Gasteiger partial charge in [-0.2, -0.15) is 0 Å². The minimum absolute atomic E-state index is 0.0505. The molecule has 1 aliphatic rings. The molecule has 1 aromatic heterocycles. The quantitative estimate of drug-likeness (QED) is 0.832. The van der Waals surface area contributed by atoms with Crippen LogP contribution < -0.4 is 0 Å². The minimum Gasteiger partial charge on any atom is -0.376 e. The molecule has 2 rings (SSSR count). The number of piperidine rings is 1. The summed E-state index contributed by atoms with van der Waals surface area (Å²) in [6.07, 6.45) is 3.17. The average molecular weight is 280 g/mol. The van der Waals surface area contributed by atoms with Crippen molar-refractivity contribution in [2.45, 2.75) is 52.1 Å². The monoisotopic (exact) mass is 280 g/mol. The lowest BCUT2D eigenvalue weighted by molar-refractivity contribution is 0.00180. The Morgan fingerprint density at radius 3 is 3.05 bits per heavy atom. The standard InChI is InChI=1S/C15H24N2O3/c1-4-8-19-12-6-5-7-17(10-12)15(18)13-9-14(11(2)3)20-16-13/h9,11-12H,4-8,10H2,1-3H3. The van der Waals surface area contributed by atoms with Gasteiger partial charge in [-0.3, -0.25) is 4.79 Å². The van der Waals surface area contributed by atoms with Crippen LogP contribution in [0.2, 0.25) is 0 Å². The fourth-order valence-electron chi connectivity index (χ4n) is 2.37. The van der Waals surface area contributed by atoms with Crippen molar-refractivity contribution >= 4 is 5.91 Å². The van der Waals surface area contributed by atoms with Crippen LogP contribution in [0.3, 0.4) is 0 Å². The zero-order chi connectivity index (χ0) is 14.5. The van der Waals surface area contributed by atoms with Gasteiger partial charge in [0.2, 0.25) is 0 Å². The van der Waals surface area contributed by atoms with Crippen LogP contribution in [0.15, 0.2) is 10.6 Å². The molecular weight excluding hydrogens is 256 g/mol. The molecule has 0 aliphatic carbocycles. The molecule has 0 N–H and O–H groups in total. The van der Waals surface area contributed by atoms with E-state index < -0.39 is 0 Å². The smallest absolute Gasteiger partial charge is 0.276 e. The lowest BCUT2D eigenvalue weighted by atomic mass is 10.1. The third-order valence-corrected chi connectivity index (χ3v) is 3.54. The SMILES string of the molecule is CCCOC1CCCN(C(=O)c2cc(C(C)C)on2)C1. The molecule has 20 heavy (non-hydrogen) atoms. The van der Waals surface area contributed by atoms with Crippen LogP contribution in [0, 0.1) is 0 Å². The number of aromatic nitrogens is 1. The molecular formula is C15H24N2O3. The number of carbonyl (C=O) groups excluding carboxylic acids is 1. The molecule has 1 unspecified atom stereocenters. The first kappa shape index (κ1) is 15.0. The summed E-state index contributed by atoms with van der Waals surface area (Å²) in [6, 6.07) is 1.75. The van der Waals surface area contributed by atoms with Crippen molar-refractivity contribution in [2.75, 3.05) is 19.7 Å². The van der Waals surface area contributed by atoms with Gasteiger partial charge in [-0.25, -0.2) is 0 Å². The summed E-state index contributed by atoms with van der Waals surface area (Å²) < 4.78 is 11.0. The number of nitrogens with zero attached hydrogens (tertiary/aromatic N) is 2. The second-order valence-corrected chi connectivity index (χ2v) is 5.66. The van der Waals surface area contributed by atoms with Crippen molar-refractivity contribution in [1.29, 1.82) is 0 Å². The van der Waals surface area contributed by atoms with Crippen LogP contribution in [-0.4, -0.2) is 41.8 Å². The molecule has 0 saturated carbocycles. The van der Waals surface area contributed by atoms with Crippen molar-refractivity contribution in [2.24, 2.45) is 0 Å². The van der Waals surface area contributed by atoms with Crippen LogP contribution >= 0.6 is 0 Å². The zero-order valence-electron chi connectivity index (χ0n) is 12.6. The van der Waals surface area contributed by atoms with Gasteiger partial charge in [0.25, 0.3) is 5.91 Å². The Kier molecular flexibility index (Phi) is 5.17. The Hall–Kier alpha value is -1.36. The van der Waals surface area contributed by atoms with E-state index in [0.717, 1.165) is 38.2 Å². The van der Waals surface area contributed by atoms with E-state index in [1.807, 2.05) is 18.7 Å². The summed E-state index contributed by atoms with van der Waals surface area (Å²) in [5.74, 6) is 0.945. The maximum absolute atomic E-state index is 12.4. The van der Waals surface area contributed by atoms with Crippen LogP contribution in [-0.2, 0) is 4.74 Å². The molecule has 2 heterocycles. The van der Waals surface area contributed by atoms with E-state index in [1.165, 1.54) is 0 Å². The highest BCUT2D eigenvalue weighted by molar-refractivity contribution is 5.92. The molecule has 0 aromatic carbocycles. The average Bonchev–Trinajstić information content (AvgIpc) is 2.94. The lowest BCUT2D eigenvalue weighted by Crippen LogP contribution is -2.43. The van der Waals surface area contributed by atoms with E-state index in [-0.39, 0.29) is 17.9 Å². The number of amides is 1. The van der Waals surface area contributed by atoms with Gasteiger partial charge in [-0.15, -0.1) is 0 Å². The summed E-state index contributed by atoms with van der Waals surface area (Å²) in [7, 11) is 0. The first-order chi connectivity index (χ1) is 9.61. The van der Waals surface area contributed by atoms with Gasteiger partial charge in [-0.1, -0.05) is 25.9 Å². The van der Waals surface area contributed by atoms with Crippen LogP contribution in [0.5, 0.6) is 0 Å². The highest BCUT2D eigenvalue weighted by Gasteiger charge is 2.27. The molecule has 5 nitrogen and oxygen atoms in total. The highest BCUT2D eigenvalue weighted by atomic mass is 16.5. The third kappa shape index (κ3) is 3.60. The minimum atomic E-state index is -0.0505. The normalized spacial score (nSPS) is 19.6. The molecule has 1 fully saturated rings. The van der Waals surface area contributed by atoms with Gasteiger partial charge >= 0.3 is 0 Å². The van der Waals surface area contributed by atoms with Crippen molar-refractivity contribution in [3.05, 3.63) is 17.5 Å². The number of hydrogen-bond acceptors (Lipinski definition) is 4. The fourth-order valence-corrected chi connectivity index (χ4v) is 2.37. The van der Waals surface area contributed by atoms with Crippen molar-refractivity contribution in [3.8, 4) is 0 Å². The summed E-state index contributed by atoms with van der Waals surface area (Å²) in [5.41, 5.74) is 0.407. The Balaban J connectivity index is 1.97. The Bertz CT molecular complexity index is 442. The van der Waals surface area contributed by atoms with Crippen molar-refractivity contribution in [3.63, 3.8) is 0 Å². The van der Waals surface area contributed by atoms with E-state index in [2.05, 4.69) is 12.1 Å². The van der Waals surface area contributed by atoms with Gasteiger partial charge < -0.3 is 14.2 Å². The van der Waals surface area contributed by atoms with E-state index in [9.17, 15) is 4.79 Å². The van der Waals surface area contributed by atoms with Gasteiger partial charge in [0, 0.05) is 31.7 Å². The van der Waals surface area contributed by atoms with Crippen molar-refractivity contribution in [1.82, 2.24) is 10.1 Å². The number of hydrogen-bond donors (Lipinski definition) is 0. The summed E-state index contributed by atoms with van der Waals surface area (Å²) >= 11 is 0. The second-order valence-electron chi connectivity index (χ2n) is 5.66. The predicted octanol–water partition coefficient (Wildman–Crippen LogP) is 2.83. The maximum Gasteiger partial charge on any atom is 0.276 e. The van der Waals surface area contributed by atoms with E-state index in [0.29, 0.717) is 12.2 Å². The molecule has 0 spiro atoms. The molecule has 1 saturated heterocycles. The number of likely N-dealkylation sites (tertiary alicyclic amines) is 1. The van der Waals surface area contributed by atoms with E-state index in [4.69, 9.17) is 9.26 Å². The fraction of sp³-hybridized carbons (Fsp3) is 0.733. The summed E-state index contributed by atoms with van der Waals surface area (Å²) in [4.78, 5) is 14.2. The molecule has 1 aliphatic heterocycles. The first-order valence-electron chi connectivity index (χ1n) is 7.49. The molecule has 1 atom stereocenters. The number of ether oxygens (including phenoxy) is 1. The lowest BCUT2D eigenvalue weighted by Gasteiger charge is -2.32. The van der Waals surface area contributed by atoms with Crippen LogP contribution in [0.25, 0.3) is 0 Å². The highest BCUT2D eigenvalue weighted by Crippen LogP contribution is 2.19. The van der Waals surface area contributed by atoms with Gasteiger partial charge in [0.1, 0.15) is 5.76 Å². The van der Waals surface area contributed by atoms with E-state index >= 15 is 0 Å². The second kappa shape index (κ2) is 6.88. The summed E-state index contributed by atoms with van der Waals surface area (Å²) in [5, 5.41) is 3.89. The molecule has 1 amide bonds.